The smallest absolute Gasteiger partial charge is 0.209 e. The molecule has 1 atom stereocenters. The molecular weight excluding hydrogens is 563 g/mol. The van der Waals surface area contributed by atoms with Crippen LogP contribution in [0.25, 0.3) is 33.4 Å². The number of halogens is 2. The average Bonchev–Trinajstić information content (AvgIpc) is 2.95. The Kier molecular flexibility index (Phi) is 8.08. The van der Waals surface area contributed by atoms with Crippen LogP contribution in [0.15, 0.2) is 77.2 Å². The molecule has 3 aromatic rings. The fraction of sp³-hybridized carbons (Fsp3) is 0.306. The van der Waals surface area contributed by atoms with Crippen LogP contribution < -0.4 is 27.2 Å². The summed E-state index contributed by atoms with van der Waals surface area (Å²) in [7, 11) is 2.03. The molecule has 0 bridgehead atoms. The second kappa shape index (κ2) is 11.3. The maximum absolute atomic E-state index is 9.77. The first-order valence-corrected chi connectivity index (χ1v) is 15.0. The van der Waals surface area contributed by atoms with Gasteiger partial charge in [0.25, 0.3) is 0 Å². The first kappa shape index (κ1) is 30.0. The molecule has 0 amide bonds. The van der Waals surface area contributed by atoms with Crippen molar-refractivity contribution in [2.75, 3.05) is 18.5 Å². The van der Waals surface area contributed by atoms with Crippen LogP contribution in [-0.4, -0.2) is 24.2 Å². The maximum Gasteiger partial charge on any atom is 0.209 e. The normalized spacial score (nSPS) is 16.7. The van der Waals surface area contributed by atoms with Crippen LogP contribution in [0.4, 0.5) is 11.4 Å². The van der Waals surface area contributed by atoms with Gasteiger partial charge in [-0.3, -0.25) is 0 Å². The number of alkyl halides is 1. The lowest BCUT2D eigenvalue weighted by molar-refractivity contribution is -0.0000103. The summed E-state index contributed by atoms with van der Waals surface area (Å²) in [6.45, 7) is 12.4. The topological polar surface area (TPSA) is 39.6 Å². The summed E-state index contributed by atoms with van der Waals surface area (Å²) >= 11 is 6.20. The standard InChI is InChI=1S/C36H37ClN2O2.ClH/c1-7-39-32-19-34-31(18-30(32)23(3)20-36(39,4)5)35(28-14-8-24(21-37)16-22(28)2)29-15-11-26(17-33(29)41-34)38(6)25-9-12-27(40)13-10-25;/h8-19,23H,7,20-21H2,1-6H3;1H. The van der Waals surface area contributed by atoms with E-state index in [-0.39, 0.29) is 23.7 Å². The summed E-state index contributed by atoms with van der Waals surface area (Å²) < 4.78 is 8.89. The minimum atomic E-state index is 0. The van der Waals surface area contributed by atoms with Crippen molar-refractivity contribution in [2.24, 2.45) is 0 Å². The molecule has 3 aromatic carbocycles. The summed E-state index contributed by atoms with van der Waals surface area (Å²) in [5, 5.41) is 11.9. The highest BCUT2D eigenvalue weighted by atomic mass is 35.5. The van der Waals surface area contributed by atoms with Gasteiger partial charge in [-0.25, -0.2) is 0 Å². The van der Waals surface area contributed by atoms with Gasteiger partial charge in [0.2, 0.25) is 11.0 Å². The number of benzene rings is 4. The zero-order chi connectivity index (χ0) is 29.1. The van der Waals surface area contributed by atoms with E-state index >= 15 is 0 Å². The molecule has 1 N–H and O–H groups in total. The zero-order valence-corrected chi connectivity index (χ0v) is 26.6. The van der Waals surface area contributed by atoms with Crippen LogP contribution in [0.2, 0.25) is 0 Å². The number of hydrogen-bond acceptors (Lipinski definition) is 3. The highest BCUT2D eigenvalue weighted by Crippen LogP contribution is 2.48. The third-order valence-corrected chi connectivity index (χ3v) is 9.17. The largest absolute Gasteiger partial charge is 1.00 e. The first-order chi connectivity index (χ1) is 19.6. The predicted octanol–water partition coefficient (Wildman–Crippen LogP) is 5.81. The van der Waals surface area contributed by atoms with Crippen LogP contribution in [0.3, 0.4) is 0 Å². The molecule has 1 aliphatic carbocycles. The first-order valence-electron chi connectivity index (χ1n) is 14.4. The van der Waals surface area contributed by atoms with E-state index < -0.39 is 0 Å². The second-order valence-electron chi connectivity index (χ2n) is 12.1. The van der Waals surface area contributed by atoms with E-state index in [9.17, 15) is 5.11 Å². The molecule has 6 rings (SSSR count). The van der Waals surface area contributed by atoms with E-state index in [2.05, 4.69) is 92.6 Å². The van der Waals surface area contributed by atoms with Gasteiger partial charge >= 0.3 is 0 Å². The summed E-state index contributed by atoms with van der Waals surface area (Å²) in [5.74, 6) is 2.02. The van der Waals surface area contributed by atoms with E-state index in [0.29, 0.717) is 11.8 Å². The van der Waals surface area contributed by atoms with E-state index in [1.165, 1.54) is 27.9 Å². The third kappa shape index (κ3) is 5.05. The van der Waals surface area contributed by atoms with E-state index in [1.54, 1.807) is 12.1 Å². The molecule has 2 aliphatic heterocycles. The molecule has 1 unspecified atom stereocenters. The minimum absolute atomic E-state index is 0. The van der Waals surface area contributed by atoms with Crippen molar-refractivity contribution in [3.8, 4) is 28.2 Å². The predicted molar refractivity (Wildman–Crippen MR) is 172 cm³/mol. The van der Waals surface area contributed by atoms with Crippen molar-refractivity contribution >= 4 is 33.9 Å². The highest BCUT2D eigenvalue weighted by Gasteiger charge is 2.36. The van der Waals surface area contributed by atoms with E-state index in [0.717, 1.165) is 51.9 Å². The number of hydrogen-bond donors (Lipinski definition) is 1. The van der Waals surface area contributed by atoms with Crippen molar-refractivity contribution < 1.29 is 21.9 Å². The molecule has 42 heavy (non-hydrogen) atoms. The molecule has 3 aliphatic rings. The van der Waals surface area contributed by atoms with Crippen molar-refractivity contribution in [2.45, 2.75) is 58.4 Å². The van der Waals surface area contributed by atoms with Gasteiger partial charge in [0.05, 0.1) is 6.07 Å². The number of aryl methyl sites for hydroxylation is 1. The monoisotopic (exact) mass is 600 g/mol. The molecule has 4 nitrogen and oxygen atoms in total. The number of fused-ring (bicyclic) bond motifs is 3. The molecule has 0 aromatic heterocycles. The lowest BCUT2D eigenvalue weighted by Gasteiger charge is -2.47. The molecule has 0 saturated heterocycles. The summed E-state index contributed by atoms with van der Waals surface area (Å²) in [6, 6.07) is 24.9. The Balaban J connectivity index is 0.00000353. The van der Waals surface area contributed by atoms with Gasteiger partial charge in [-0.05, 0) is 86.6 Å². The number of phenolic OH excluding ortho intramolecular Hbond substituents is 1. The SMILES string of the molecule is CCN1c2cc3oc4cc(=[N+](C)c5ccc(O)cc5)ccc-4c(-c4ccc(CCl)cc4C)c3cc2C(C)CC1(C)C.[Cl-]. The number of anilines is 1. The van der Waals surface area contributed by atoms with Crippen LogP contribution in [0.5, 0.6) is 5.75 Å². The van der Waals surface area contributed by atoms with Crippen molar-refractivity contribution in [1.82, 2.24) is 4.58 Å². The molecule has 6 heteroatoms. The van der Waals surface area contributed by atoms with Gasteiger partial charge in [-0.1, -0.05) is 25.1 Å². The molecular formula is C36H38Cl2N2O2. The number of nitrogens with zero attached hydrogens (tertiary/aromatic N) is 2. The Bertz CT molecular complexity index is 1820. The fourth-order valence-corrected chi connectivity index (χ4v) is 7.03. The van der Waals surface area contributed by atoms with E-state index in [4.69, 9.17) is 16.0 Å². The van der Waals surface area contributed by atoms with Gasteiger partial charge in [-0.15, -0.1) is 11.6 Å². The van der Waals surface area contributed by atoms with E-state index in [1.807, 2.05) is 19.2 Å². The Hall–Kier alpha value is -3.47. The minimum Gasteiger partial charge on any atom is -1.00 e. The van der Waals surface area contributed by atoms with Gasteiger partial charge in [0.15, 0.2) is 0 Å². The van der Waals surface area contributed by atoms with Gasteiger partial charge in [0, 0.05) is 64.4 Å². The van der Waals surface area contributed by atoms with Crippen LogP contribution in [0.1, 0.15) is 56.7 Å². The van der Waals surface area contributed by atoms with Crippen LogP contribution in [0, 0.1) is 6.92 Å². The Labute approximate surface area is 259 Å². The molecule has 0 radical (unpaired) electrons. The van der Waals surface area contributed by atoms with Crippen molar-refractivity contribution in [1.29, 1.82) is 0 Å². The Morgan fingerprint density at radius 3 is 2.38 bits per heavy atom. The molecule has 218 valence electrons. The van der Waals surface area contributed by atoms with Gasteiger partial charge in [-0.2, -0.15) is 4.58 Å². The van der Waals surface area contributed by atoms with Crippen molar-refractivity contribution in [3.63, 3.8) is 0 Å². The zero-order valence-electron chi connectivity index (χ0n) is 25.1. The van der Waals surface area contributed by atoms with Crippen LogP contribution in [-0.2, 0) is 5.88 Å². The number of aromatic hydroxyl groups is 1. The van der Waals surface area contributed by atoms with Gasteiger partial charge in [0.1, 0.15) is 24.1 Å². The summed E-state index contributed by atoms with van der Waals surface area (Å²) in [5.41, 5.74) is 10.4. The second-order valence-corrected chi connectivity index (χ2v) is 12.4. The lowest BCUT2D eigenvalue weighted by Crippen LogP contribution is -3.00. The van der Waals surface area contributed by atoms with Crippen LogP contribution >= 0.6 is 11.6 Å². The quantitative estimate of drug-likeness (QED) is 0.161. The van der Waals surface area contributed by atoms with Crippen molar-refractivity contribution in [3.05, 3.63) is 94.8 Å². The Morgan fingerprint density at radius 1 is 1.00 bits per heavy atom. The maximum atomic E-state index is 9.77. The molecule has 0 spiro atoms. The van der Waals surface area contributed by atoms with Gasteiger partial charge < -0.3 is 26.8 Å². The lowest BCUT2D eigenvalue weighted by atomic mass is 9.79. The molecule has 0 fully saturated rings. The Morgan fingerprint density at radius 2 is 1.71 bits per heavy atom. The fourth-order valence-electron chi connectivity index (χ4n) is 6.87. The third-order valence-electron chi connectivity index (χ3n) is 8.87. The average molecular weight is 602 g/mol. The molecule has 0 saturated carbocycles. The summed E-state index contributed by atoms with van der Waals surface area (Å²) in [4.78, 5) is 2.52. The number of phenols is 1. The number of rotatable bonds is 4. The molecule has 2 heterocycles. The highest BCUT2D eigenvalue weighted by molar-refractivity contribution is 6.17. The summed E-state index contributed by atoms with van der Waals surface area (Å²) in [6.07, 6.45) is 1.11.